The van der Waals surface area contributed by atoms with Crippen molar-refractivity contribution < 1.29 is 19.1 Å². The van der Waals surface area contributed by atoms with E-state index in [-0.39, 0.29) is 11.8 Å². The number of ether oxygens (including phenoxy) is 1. The summed E-state index contributed by atoms with van der Waals surface area (Å²) in [5.74, 6) is -0.502. The van der Waals surface area contributed by atoms with Gasteiger partial charge in [-0.3, -0.25) is 14.9 Å². The lowest BCUT2D eigenvalue weighted by molar-refractivity contribution is -0.120. The van der Waals surface area contributed by atoms with Crippen molar-refractivity contribution in [2.45, 2.75) is 52.7 Å². The smallest absolute Gasteiger partial charge is 0.412 e. The molecule has 3 amide bonds. The van der Waals surface area contributed by atoms with Crippen LogP contribution in [0.5, 0.6) is 0 Å². The number of carbonyl (C=O) groups excluding carboxylic acids is 3. The molecule has 2 rings (SSSR count). The SMILES string of the molecule is CCCN(C(=O)c1ccc(NC(=O)OC(C)(C)C)cc1)C(C)C(=O)Nc1ccccc1. The zero-order valence-electron chi connectivity index (χ0n) is 18.8. The summed E-state index contributed by atoms with van der Waals surface area (Å²) in [4.78, 5) is 39.2. The molecule has 2 aromatic carbocycles. The Kier molecular flexibility index (Phi) is 8.19. The number of amides is 3. The lowest BCUT2D eigenvalue weighted by Gasteiger charge is -2.28. The van der Waals surface area contributed by atoms with Crippen LogP contribution in [0, 0.1) is 0 Å². The lowest BCUT2D eigenvalue weighted by Crippen LogP contribution is -2.46. The fourth-order valence-electron chi connectivity index (χ4n) is 2.91. The Morgan fingerprint density at radius 1 is 0.935 bits per heavy atom. The predicted molar refractivity (Wildman–Crippen MR) is 122 cm³/mol. The Balaban J connectivity index is 2.08. The molecule has 0 aliphatic heterocycles. The van der Waals surface area contributed by atoms with E-state index >= 15 is 0 Å². The van der Waals surface area contributed by atoms with Crippen molar-refractivity contribution in [3.63, 3.8) is 0 Å². The van der Waals surface area contributed by atoms with E-state index in [1.165, 1.54) is 0 Å². The highest BCUT2D eigenvalue weighted by atomic mass is 16.6. The Bertz CT molecular complexity index is 889. The van der Waals surface area contributed by atoms with Crippen molar-refractivity contribution in [3.05, 3.63) is 60.2 Å². The molecule has 0 bridgehead atoms. The first-order valence-electron chi connectivity index (χ1n) is 10.4. The first-order valence-corrected chi connectivity index (χ1v) is 10.4. The summed E-state index contributed by atoms with van der Waals surface area (Å²) < 4.78 is 5.23. The summed E-state index contributed by atoms with van der Waals surface area (Å²) in [6, 6.07) is 15.0. The van der Waals surface area contributed by atoms with E-state index in [1.807, 2.05) is 25.1 Å². The zero-order chi connectivity index (χ0) is 23.0. The maximum atomic E-state index is 13.1. The largest absolute Gasteiger partial charge is 0.444 e. The van der Waals surface area contributed by atoms with Gasteiger partial charge in [-0.1, -0.05) is 25.1 Å². The van der Waals surface area contributed by atoms with E-state index < -0.39 is 17.7 Å². The molecule has 2 aromatic rings. The first-order chi connectivity index (χ1) is 14.6. The molecule has 166 valence electrons. The molecular formula is C24H31N3O4. The minimum Gasteiger partial charge on any atom is -0.444 e. The van der Waals surface area contributed by atoms with Crippen LogP contribution in [0.3, 0.4) is 0 Å². The van der Waals surface area contributed by atoms with Crippen molar-refractivity contribution in [2.75, 3.05) is 17.2 Å². The van der Waals surface area contributed by atoms with Crippen LogP contribution >= 0.6 is 0 Å². The van der Waals surface area contributed by atoms with Crippen LogP contribution in [0.4, 0.5) is 16.2 Å². The average Bonchev–Trinajstić information content (AvgIpc) is 2.71. The molecule has 0 aliphatic carbocycles. The number of carbonyl (C=O) groups is 3. The summed E-state index contributed by atoms with van der Waals surface area (Å²) in [7, 11) is 0. The summed E-state index contributed by atoms with van der Waals surface area (Å²) in [5.41, 5.74) is 1.03. The minimum absolute atomic E-state index is 0.249. The van der Waals surface area contributed by atoms with Crippen molar-refractivity contribution in [2.24, 2.45) is 0 Å². The van der Waals surface area contributed by atoms with E-state index in [1.54, 1.807) is 69.0 Å². The number of hydrogen-bond donors (Lipinski definition) is 2. The van der Waals surface area contributed by atoms with Crippen molar-refractivity contribution in [1.29, 1.82) is 0 Å². The Morgan fingerprint density at radius 3 is 2.06 bits per heavy atom. The molecule has 1 unspecified atom stereocenters. The molecule has 0 aromatic heterocycles. The second-order valence-electron chi connectivity index (χ2n) is 8.23. The van der Waals surface area contributed by atoms with Gasteiger partial charge in [-0.2, -0.15) is 0 Å². The highest BCUT2D eigenvalue weighted by Crippen LogP contribution is 2.16. The summed E-state index contributed by atoms with van der Waals surface area (Å²) >= 11 is 0. The third kappa shape index (κ3) is 7.44. The normalized spacial score (nSPS) is 11.9. The van der Waals surface area contributed by atoms with E-state index in [2.05, 4.69) is 10.6 Å². The summed E-state index contributed by atoms with van der Waals surface area (Å²) in [6.07, 6.45) is 0.151. The molecule has 0 radical (unpaired) electrons. The number of benzene rings is 2. The second-order valence-corrected chi connectivity index (χ2v) is 8.23. The van der Waals surface area contributed by atoms with Gasteiger partial charge in [0.1, 0.15) is 11.6 Å². The molecule has 2 N–H and O–H groups in total. The maximum Gasteiger partial charge on any atom is 0.412 e. The van der Waals surface area contributed by atoms with Gasteiger partial charge in [-0.25, -0.2) is 4.79 Å². The molecule has 7 nitrogen and oxygen atoms in total. The summed E-state index contributed by atoms with van der Waals surface area (Å²) in [6.45, 7) is 9.46. The van der Waals surface area contributed by atoms with E-state index in [4.69, 9.17) is 4.74 Å². The van der Waals surface area contributed by atoms with Gasteiger partial charge in [0.15, 0.2) is 0 Å². The number of para-hydroxylation sites is 1. The third-order valence-corrected chi connectivity index (χ3v) is 4.39. The number of rotatable bonds is 7. The van der Waals surface area contributed by atoms with Crippen LogP contribution in [0.1, 0.15) is 51.4 Å². The standard InChI is InChI=1S/C24H31N3O4/c1-6-16-27(17(2)21(28)25-19-10-8-7-9-11-19)22(29)18-12-14-20(15-13-18)26-23(30)31-24(3,4)5/h7-15,17H,6,16H2,1-5H3,(H,25,28)(H,26,30). The Hall–Kier alpha value is -3.35. The van der Waals surface area contributed by atoms with Crippen LogP contribution in [0.2, 0.25) is 0 Å². The van der Waals surface area contributed by atoms with Crippen LogP contribution in [-0.4, -0.2) is 41.0 Å². The summed E-state index contributed by atoms with van der Waals surface area (Å²) in [5, 5.41) is 5.48. The highest BCUT2D eigenvalue weighted by Gasteiger charge is 2.26. The zero-order valence-corrected chi connectivity index (χ0v) is 18.8. The van der Waals surface area contributed by atoms with Crippen molar-refractivity contribution in [1.82, 2.24) is 4.90 Å². The number of nitrogens with one attached hydrogen (secondary N) is 2. The minimum atomic E-state index is -0.646. The van der Waals surface area contributed by atoms with Crippen molar-refractivity contribution in [3.8, 4) is 0 Å². The molecule has 1 atom stereocenters. The van der Waals surface area contributed by atoms with E-state index in [0.717, 1.165) is 0 Å². The monoisotopic (exact) mass is 425 g/mol. The highest BCUT2D eigenvalue weighted by molar-refractivity contribution is 6.01. The van der Waals surface area contributed by atoms with Crippen LogP contribution < -0.4 is 10.6 Å². The molecule has 0 heterocycles. The van der Waals surface area contributed by atoms with Crippen LogP contribution in [-0.2, 0) is 9.53 Å². The quantitative estimate of drug-likeness (QED) is 0.660. The van der Waals surface area contributed by atoms with Gasteiger partial charge in [0.25, 0.3) is 5.91 Å². The number of nitrogens with zero attached hydrogens (tertiary/aromatic N) is 1. The average molecular weight is 426 g/mol. The lowest BCUT2D eigenvalue weighted by atomic mass is 10.1. The van der Waals surface area contributed by atoms with Gasteiger partial charge < -0.3 is 15.0 Å². The molecule has 0 fully saturated rings. The Morgan fingerprint density at radius 2 is 1.52 bits per heavy atom. The Labute approximate surface area is 183 Å². The van der Waals surface area contributed by atoms with Gasteiger partial charge in [-0.15, -0.1) is 0 Å². The second kappa shape index (κ2) is 10.6. The number of hydrogen-bond acceptors (Lipinski definition) is 4. The first kappa shape index (κ1) is 23.9. The van der Waals surface area contributed by atoms with Crippen LogP contribution in [0.15, 0.2) is 54.6 Å². The molecular weight excluding hydrogens is 394 g/mol. The van der Waals surface area contributed by atoms with E-state index in [9.17, 15) is 14.4 Å². The van der Waals surface area contributed by atoms with Crippen LogP contribution in [0.25, 0.3) is 0 Å². The molecule has 7 heteroatoms. The maximum absolute atomic E-state index is 13.1. The number of anilines is 2. The molecule has 0 saturated carbocycles. The molecule has 31 heavy (non-hydrogen) atoms. The molecule has 0 saturated heterocycles. The fourth-order valence-corrected chi connectivity index (χ4v) is 2.91. The van der Waals surface area contributed by atoms with Gasteiger partial charge in [0, 0.05) is 23.5 Å². The fraction of sp³-hybridized carbons (Fsp3) is 0.375. The van der Waals surface area contributed by atoms with E-state index in [0.29, 0.717) is 29.9 Å². The van der Waals surface area contributed by atoms with Gasteiger partial charge in [0.05, 0.1) is 0 Å². The molecule has 0 spiro atoms. The third-order valence-electron chi connectivity index (χ3n) is 4.39. The molecule has 0 aliphatic rings. The predicted octanol–water partition coefficient (Wildman–Crippen LogP) is 4.91. The van der Waals surface area contributed by atoms with Gasteiger partial charge >= 0.3 is 6.09 Å². The van der Waals surface area contributed by atoms with Crippen molar-refractivity contribution >= 4 is 29.3 Å². The van der Waals surface area contributed by atoms with Gasteiger partial charge in [0.2, 0.25) is 5.91 Å². The van der Waals surface area contributed by atoms with Gasteiger partial charge in [-0.05, 0) is 70.5 Å². The topological polar surface area (TPSA) is 87.7 Å².